The molecule has 92 valence electrons. The molecule has 0 heterocycles. The number of benzene rings is 1. The van der Waals surface area contributed by atoms with Gasteiger partial charge in [0.1, 0.15) is 5.82 Å². The van der Waals surface area contributed by atoms with Crippen LogP contribution in [0.25, 0.3) is 0 Å². The maximum absolute atomic E-state index is 13.3. The van der Waals surface area contributed by atoms with Crippen LogP contribution >= 0.6 is 0 Å². The molecule has 0 aliphatic heterocycles. The number of rotatable bonds is 3. The molecule has 1 amide bonds. The van der Waals surface area contributed by atoms with E-state index in [1.54, 1.807) is 18.2 Å². The second-order valence-electron chi connectivity index (χ2n) is 3.56. The van der Waals surface area contributed by atoms with Crippen LogP contribution in [0, 0.1) is 5.82 Å². The van der Waals surface area contributed by atoms with E-state index in [1.165, 1.54) is 18.0 Å². The molecule has 0 atom stereocenters. The second kappa shape index (κ2) is 5.98. The third-order valence-electron chi connectivity index (χ3n) is 2.38. The minimum Gasteiger partial charge on any atom is -0.462 e. The lowest BCUT2D eigenvalue weighted by molar-refractivity contribution is -0.157. The van der Waals surface area contributed by atoms with Crippen molar-refractivity contribution in [1.29, 1.82) is 0 Å². The number of methoxy groups -OCH3 is 1. The molecule has 0 bridgehead atoms. The highest BCUT2D eigenvalue weighted by molar-refractivity contribution is 6.32. The van der Waals surface area contributed by atoms with Crippen LogP contribution in [-0.4, -0.2) is 37.5 Å². The Morgan fingerprint density at radius 2 is 2.00 bits per heavy atom. The Hall–Kier alpha value is -1.91. The normalized spacial score (nSPS) is 9.82. The fourth-order valence-corrected chi connectivity index (χ4v) is 1.33. The van der Waals surface area contributed by atoms with Gasteiger partial charge in [0.25, 0.3) is 0 Å². The molecule has 0 radical (unpaired) electrons. The summed E-state index contributed by atoms with van der Waals surface area (Å²) in [6, 6.07) is 6.33. The molecule has 0 saturated heterocycles. The van der Waals surface area contributed by atoms with E-state index < -0.39 is 11.9 Å². The first-order valence-electron chi connectivity index (χ1n) is 5.13. The lowest BCUT2D eigenvalue weighted by Gasteiger charge is -2.15. The number of ether oxygens (including phenoxy) is 1. The van der Waals surface area contributed by atoms with E-state index in [0.29, 0.717) is 12.0 Å². The Kier molecular flexibility index (Phi) is 4.63. The lowest BCUT2D eigenvalue weighted by Crippen LogP contribution is -2.35. The highest BCUT2D eigenvalue weighted by atomic mass is 19.1. The zero-order valence-corrected chi connectivity index (χ0v) is 9.77. The van der Waals surface area contributed by atoms with Crippen molar-refractivity contribution in [3.05, 3.63) is 35.6 Å². The predicted octanol–water partition coefficient (Wildman–Crippen LogP) is 1.000. The van der Waals surface area contributed by atoms with Gasteiger partial charge < -0.3 is 9.64 Å². The zero-order chi connectivity index (χ0) is 12.8. The molecule has 0 aromatic heterocycles. The summed E-state index contributed by atoms with van der Waals surface area (Å²) in [6.45, 7) is 0.259. The van der Waals surface area contributed by atoms with Crippen molar-refractivity contribution in [3.63, 3.8) is 0 Å². The molecule has 0 N–H and O–H groups in total. The van der Waals surface area contributed by atoms with Crippen LogP contribution in [0.1, 0.15) is 5.56 Å². The van der Waals surface area contributed by atoms with Crippen LogP contribution in [0.4, 0.5) is 4.39 Å². The molecule has 0 aliphatic carbocycles. The van der Waals surface area contributed by atoms with Gasteiger partial charge >= 0.3 is 11.9 Å². The smallest absolute Gasteiger partial charge is 0.396 e. The first-order chi connectivity index (χ1) is 8.06. The highest BCUT2D eigenvalue weighted by Gasteiger charge is 2.18. The fraction of sp³-hybridized carbons (Fsp3) is 0.333. The average molecular weight is 239 g/mol. The molecule has 0 saturated carbocycles. The Balaban J connectivity index is 2.54. The summed E-state index contributed by atoms with van der Waals surface area (Å²) < 4.78 is 17.6. The molecule has 5 heteroatoms. The summed E-state index contributed by atoms with van der Waals surface area (Å²) in [5.41, 5.74) is 0.511. The maximum Gasteiger partial charge on any atom is 0.396 e. The van der Waals surface area contributed by atoms with Crippen LogP contribution in [0.3, 0.4) is 0 Å². The summed E-state index contributed by atoms with van der Waals surface area (Å²) in [7, 11) is 2.62. The Bertz CT molecular complexity index is 420. The summed E-state index contributed by atoms with van der Waals surface area (Å²) in [5, 5.41) is 0. The SMILES string of the molecule is COC(=O)C(=O)N(C)CCc1ccccc1F. The molecule has 0 unspecified atom stereocenters. The van der Waals surface area contributed by atoms with Crippen molar-refractivity contribution < 1.29 is 18.7 Å². The number of amides is 1. The van der Waals surface area contributed by atoms with E-state index in [0.717, 1.165) is 7.11 Å². The second-order valence-corrected chi connectivity index (χ2v) is 3.56. The van der Waals surface area contributed by atoms with E-state index in [4.69, 9.17) is 0 Å². The van der Waals surface area contributed by atoms with Crippen LogP contribution < -0.4 is 0 Å². The van der Waals surface area contributed by atoms with Crippen molar-refractivity contribution in [2.45, 2.75) is 6.42 Å². The molecule has 1 rings (SSSR count). The summed E-state index contributed by atoms with van der Waals surface area (Å²) in [4.78, 5) is 23.5. The van der Waals surface area contributed by atoms with Gasteiger partial charge in [0, 0.05) is 13.6 Å². The monoisotopic (exact) mass is 239 g/mol. The number of carbonyl (C=O) groups is 2. The van der Waals surface area contributed by atoms with Gasteiger partial charge in [-0.1, -0.05) is 18.2 Å². The zero-order valence-electron chi connectivity index (χ0n) is 9.77. The first kappa shape index (κ1) is 13.2. The summed E-state index contributed by atoms with van der Waals surface area (Å²) in [6.07, 6.45) is 0.353. The largest absolute Gasteiger partial charge is 0.462 e. The number of hydrogen-bond donors (Lipinski definition) is 0. The molecule has 1 aromatic rings. The number of carbonyl (C=O) groups excluding carboxylic acids is 2. The van der Waals surface area contributed by atoms with Crippen LogP contribution in [0.15, 0.2) is 24.3 Å². The lowest BCUT2D eigenvalue weighted by atomic mass is 10.1. The molecule has 0 spiro atoms. The fourth-order valence-electron chi connectivity index (χ4n) is 1.33. The van der Waals surface area contributed by atoms with Crippen molar-refractivity contribution >= 4 is 11.9 Å². The Morgan fingerprint density at radius 1 is 1.35 bits per heavy atom. The summed E-state index contributed by atoms with van der Waals surface area (Å²) in [5.74, 6) is -1.96. The number of halogens is 1. The van der Waals surface area contributed by atoms with Crippen molar-refractivity contribution in [1.82, 2.24) is 4.90 Å². The van der Waals surface area contributed by atoms with E-state index >= 15 is 0 Å². The predicted molar refractivity (Wildman–Crippen MR) is 59.8 cm³/mol. The average Bonchev–Trinajstić information content (AvgIpc) is 2.35. The first-order valence-corrected chi connectivity index (χ1v) is 5.13. The van der Waals surface area contributed by atoms with Crippen LogP contribution in [-0.2, 0) is 20.7 Å². The third kappa shape index (κ3) is 3.55. The quantitative estimate of drug-likeness (QED) is 0.584. The van der Waals surface area contributed by atoms with E-state index in [2.05, 4.69) is 4.74 Å². The van der Waals surface area contributed by atoms with Gasteiger partial charge in [0.2, 0.25) is 0 Å². The van der Waals surface area contributed by atoms with E-state index in [1.807, 2.05) is 0 Å². The standard InChI is InChI=1S/C12H14FNO3/c1-14(11(15)12(16)17-2)8-7-9-5-3-4-6-10(9)13/h3-6H,7-8H2,1-2H3. The molecule has 0 aliphatic rings. The van der Waals surface area contributed by atoms with Gasteiger partial charge in [-0.15, -0.1) is 0 Å². The van der Waals surface area contributed by atoms with Gasteiger partial charge in [-0.05, 0) is 18.1 Å². The van der Waals surface area contributed by atoms with Crippen LogP contribution in [0.2, 0.25) is 0 Å². The molecular weight excluding hydrogens is 225 g/mol. The molecule has 1 aromatic carbocycles. The molecule has 4 nitrogen and oxygen atoms in total. The van der Waals surface area contributed by atoms with Gasteiger partial charge in [0.15, 0.2) is 0 Å². The van der Waals surface area contributed by atoms with Crippen molar-refractivity contribution in [2.75, 3.05) is 20.7 Å². The molecular formula is C12H14FNO3. The summed E-state index contributed by atoms with van der Waals surface area (Å²) >= 11 is 0. The maximum atomic E-state index is 13.3. The van der Waals surface area contributed by atoms with Crippen LogP contribution in [0.5, 0.6) is 0 Å². The minimum absolute atomic E-state index is 0.259. The Labute approximate surface area is 99.0 Å². The number of hydrogen-bond acceptors (Lipinski definition) is 3. The number of likely N-dealkylation sites (N-methyl/N-ethyl adjacent to an activating group) is 1. The van der Waals surface area contributed by atoms with Crippen molar-refractivity contribution in [3.8, 4) is 0 Å². The number of esters is 1. The molecule has 0 fully saturated rings. The van der Waals surface area contributed by atoms with Gasteiger partial charge in [-0.2, -0.15) is 0 Å². The van der Waals surface area contributed by atoms with Crippen molar-refractivity contribution in [2.24, 2.45) is 0 Å². The van der Waals surface area contributed by atoms with E-state index in [9.17, 15) is 14.0 Å². The minimum atomic E-state index is -0.916. The highest BCUT2D eigenvalue weighted by Crippen LogP contribution is 2.07. The van der Waals surface area contributed by atoms with Gasteiger partial charge in [-0.25, -0.2) is 9.18 Å². The third-order valence-corrected chi connectivity index (χ3v) is 2.38. The van der Waals surface area contributed by atoms with Gasteiger partial charge in [0.05, 0.1) is 7.11 Å². The van der Waals surface area contributed by atoms with E-state index in [-0.39, 0.29) is 12.4 Å². The topological polar surface area (TPSA) is 46.6 Å². The molecule has 17 heavy (non-hydrogen) atoms. The Morgan fingerprint density at radius 3 is 2.59 bits per heavy atom. The van der Waals surface area contributed by atoms with Gasteiger partial charge in [-0.3, -0.25) is 4.79 Å². The number of nitrogens with zero attached hydrogens (tertiary/aromatic N) is 1.